The fourth-order valence-corrected chi connectivity index (χ4v) is 4.48. The van der Waals surface area contributed by atoms with Crippen LogP contribution in [-0.4, -0.2) is 35.5 Å². The first-order valence-electron chi connectivity index (χ1n) is 6.27. The highest BCUT2D eigenvalue weighted by molar-refractivity contribution is 7.91. The van der Waals surface area contributed by atoms with Crippen molar-refractivity contribution in [2.75, 3.05) is 11.5 Å². The molecular weight excluding hydrogens is 288 g/mol. The van der Waals surface area contributed by atoms with Crippen molar-refractivity contribution in [1.29, 1.82) is 0 Å². The van der Waals surface area contributed by atoms with Crippen molar-refractivity contribution in [3.63, 3.8) is 0 Å². The van der Waals surface area contributed by atoms with E-state index in [0.29, 0.717) is 17.1 Å². The third-order valence-electron chi connectivity index (χ3n) is 3.30. The largest absolute Gasteiger partial charge is 0.292 e. The fraction of sp³-hybridized carbons (Fsp3) is 0.667. The third kappa shape index (κ3) is 3.17. The Hall–Kier alpha value is -0.880. The standard InChI is InChI=1S/C12H17ClN2O3S/c1-8(2)15-12(10(13)6-14-15)11(16)5-9-3-4-19(17,18)7-9/h6,8-9H,3-5,7H2,1-2H3. The number of ketones is 1. The van der Waals surface area contributed by atoms with Gasteiger partial charge in [0.1, 0.15) is 5.69 Å². The Bertz CT molecular complexity index is 592. The molecule has 1 saturated heterocycles. The number of hydrogen-bond donors (Lipinski definition) is 0. The van der Waals surface area contributed by atoms with Gasteiger partial charge in [-0.1, -0.05) is 11.6 Å². The van der Waals surface area contributed by atoms with E-state index < -0.39 is 9.84 Å². The van der Waals surface area contributed by atoms with Crippen molar-refractivity contribution in [2.24, 2.45) is 5.92 Å². The third-order valence-corrected chi connectivity index (χ3v) is 5.42. The Morgan fingerprint density at radius 1 is 1.58 bits per heavy atom. The van der Waals surface area contributed by atoms with Crippen LogP contribution in [0.25, 0.3) is 0 Å². The van der Waals surface area contributed by atoms with Gasteiger partial charge in [-0.05, 0) is 26.2 Å². The molecule has 0 saturated carbocycles. The van der Waals surface area contributed by atoms with Crippen molar-refractivity contribution in [1.82, 2.24) is 9.78 Å². The summed E-state index contributed by atoms with van der Waals surface area (Å²) in [6, 6.07) is 0.0405. The molecule has 0 spiro atoms. The molecule has 1 aliphatic rings. The van der Waals surface area contributed by atoms with E-state index >= 15 is 0 Å². The summed E-state index contributed by atoms with van der Waals surface area (Å²) in [6.07, 6.45) is 2.24. The van der Waals surface area contributed by atoms with Gasteiger partial charge in [0.05, 0.1) is 22.7 Å². The molecule has 0 amide bonds. The molecule has 1 fully saturated rings. The maximum absolute atomic E-state index is 12.3. The van der Waals surface area contributed by atoms with Crippen LogP contribution in [0.2, 0.25) is 5.02 Å². The van der Waals surface area contributed by atoms with E-state index in [1.165, 1.54) is 6.20 Å². The highest BCUT2D eigenvalue weighted by Gasteiger charge is 2.31. The lowest BCUT2D eigenvalue weighted by Gasteiger charge is -2.12. The Labute approximate surface area is 117 Å². The Balaban J connectivity index is 2.15. The molecule has 7 heteroatoms. The monoisotopic (exact) mass is 304 g/mol. The van der Waals surface area contributed by atoms with Gasteiger partial charge in [-0.15, -0.1) is 0 Å². The first kappa shape index (κ1) is 14.5. The molecule has 1 aliphatic heterocycles. The summed E-state index contributed by atoms with van der Waals surface area (Å²) >= 11 is 6.00. The molecule has 0 aromatic carbocycles. The zero-order chi connectivity index (χ0) is 14.2. The second kappa shape index (κ2) is 5.25. The number of aromatic nitrogens is 2. The zero-order valence-corrected chi connectivity index (χ0v) is 12.5. The van der Waals surface area contributed by atoms with Crippen LogP contribution in [0.5, 0.6) is 0 Å². The van der Waals surface area contributed by atoms with E-state index in [9.17, 15) is 13.2 Å². The molecule has 0 aliphatic carbocycles. The molecule has 1 unspecified atom stereocenters. The average molecular weight is 305 g/mol. The number of hydrogen-bond acceptors (Lipinski definition) is 4. The van der Waals surface area contributed by atoms with Crippen molar-refractivity contribution in [2.45, 2.75) is 32.7 Å². The zero-order valence-electron chi connectivity index (χ0n) is 11.0. The van der Waals surface area contributed by atoms with Crippen molar-refractivity contribution in [3.8, 4) is 0 Å². The topological polar surface area (TPSA) is 69.0 Å². The number of carbonyl (C=O) groups is 1. The SMILES string of the molecule is CC(C)n1ncc(Cl)c1C(=O)CC1CCS(=O)(=O)C1. The van der Waals surface area contributed by atoms with Gasteiger partial charge in [0.25, 0.3) is 0 Å². The average Bonchev–Trinajstić information content (AvgIpc) is 2.81. The molecule has 2 rings (SSSR count). The van der Waals surface area contributed by atoms with Gasteiger partial charge in [0.2, 0.25) is 0 Å². The number of Topliss-reactive ketones (excluding diaryl/α,β-unsaturated/α-hetero) is 1. The second-order valence-electron chi connectivity index (χ2n) is 5.28. The number of halogens is 1. The molecule has 5 nitrogen and oxygen atoms in total. The van der Waals surface area contributed by atoms with Gasteiger partial charge in [0, 0.05) is 12.5 Å². The van der Waals surface area contributed by atoms with Crippen molar-refractivity contribution >= 4 is 27.2 Å². The van der Waals surface area contributed by atoms with E-state index in [1.807, 2.05) is 13.8 Å². The van der Waals surface area contributed by atoms with Crippen LogP contribution in [0.15, 0.2) is 6.20 Å². The summed E-state index contributed by atoms with van der Waals surface area (Å²) in [7, 11) is -2.95. The van der Waals surface area contributed by atoms with Crippen LogP contribution in [0.4, 0.5) is 0 Å². The minimum atomic E-state index is -2.95. The lowest BCUT2D eigenvalue weighted by atomic mass is 10.0. The number of nitrogens with zero attached hydrogens (tertiary/aromatic N) is 2. The maximum Gasteiger partial charge on any atom is 0.182 e. The van der Waals surface area contributed by atoms with Gasteiger partial charge in [-0.2, -0.15) is 5.10 Å². The van der Waals surface area contributed by atoms with E-state index in [-0.39, 0.29) is 35.7 Å². The molecule has 0 bridgehead atoms. The Kier molecular flexibility index (Phi) is 4.01. The second-order valence-corrected chi connectivity index (χ2v) is 7.91. The fourth-order valence-electron chi connectivity index (χ4n) is 2.39. The van der Waals surface area contributed by atoms with Crippen LogP contribution in [-0.2, 0) is 9.84 Å². The van der Waals surface area contributed by atoms with Gasteiger partial charge in [-0.25, -0.2) is 8.42 Å². The predicted molar refractivity (Wildman–Crippen MR) is 73.3 cm³/mol. The van der Waals surface area contributed by atoms with Crippen LogP contribution in [0.1, 0.15) is 43.2 Å². The van der Waals surface area contributed by atoms with Crippen LogP contribution in [0.3, 0.4) is 0 Å². The van der Waals surface area contributed by atoms with Crippen molar-refractivity contribution < 1.29 is 13.2 Å². The molecule has 1 aromatic rings. The molecular formula is C12H17ClN2O3S. The molecule has 19 heavy (non-hydrogen) atoms. The quantitative estimate of drug-likeness (QED) is 0.799. The Morgan fingerprint density at radius 2 is 2.26 bits per heavy atom. The van der Waals surface area contributed by atoms with E-state index in [4.69, 9.17) is 11.6 Å². The van der Waals surface area contributed by atoms with Crippen LogP contribution < -0.4 is 0 Å². The highest BCUT2D eigenvalue weighted by atomic mass is 35.5. The van der Waals surface area contributed by atoms with E-state index in [1.54, 1.807) is 4.68 Å². The number of carbonyl (C=O) groups excluding carboxylic acids is 1. The first-order chi connectivity index (χ1) is 8.80. The van der Waals surface area contributed by atoms with E-state index in [2.05, 4.69) is 5.10 Å². The van der Waals surface area contributed by atoms with Gasteiger partial charge >= 0.3 is 0 Å². The molecule has 1 aromatic heterocycles. The van der Waals surface area contributed by atoms with Crippen LogP contribution >= 0.6 is 11.6 Å². The summed E-state index contributed by atoms with van der Waals surface area (Å²) in [5.41, 5.74) is 0.390. The van der Waals surface area contributed by atoms with Gasteiger partial charge in [0.15, 0.2) is 15.6 Å². The Morgan fingerprint density at radius 3 is 2.79 bits per heavy atom. The number of rotatable bonds is 4. The van der Waals surface area contributed by atoms with E-state index in [0.717, 1.165) is 0 Å². The molecule has 2 heterocycles. The molecule has 1 atom stereocenters. The molecule has 106 valence electrons. The van der Waals surface area contributed by atoms with Gasteiger partial charge < -0.3 is 0 Å². The molecule has 0 N–H and O–H groups in total. The number of sulfone groups is 1. The summed E-state index contributed by atoms with van der Waals surface area (Å²) in [6.45, 7) is 3.83. The maximum atomic E-state index is 12.3. The summed E-state index contributed by atoms with van der Waals surface area (Å²) < 4.78 is 24.4. The predicted octanol–water partition coefficient (Wildman–Crippen LogP) is 2.12. The summed E-state index contributed by atoms with van der Waals surface area (Å²) in [5.74, 6) is 0.0660. The lowest BCUT2D eigenvalue weighted by Crippen LogP contribution is -2.16. The lowest BCUT2D eigenvalue weighted by molar-refractivity contribution is 0.0953. The molecule has 0 radical (unpaired) electrons. The minimum absolute atomic E-state index is 0.0405. The van der Waals surface area contributed by atoms with Gasteiger partial charge in [-0.3, -0.25) is 9.48 Å². The minimum Gasteiger partial charge on any atom is -0.292 e. The highest BCUT2D eigenvalue weighted by Crippen LogP contribution is 2.26. The van der Waals surface area contributed by atoms with Crippen LogP contribution in [0, 0.1) is 5.92 Å². The van der Waals surface area contributed by atoms with Crippen molar-refractivity contribution in [3.05, 3.63) is 16.9 Å². The normalized spacial score (nSPS) is 22.0. The smallest absolute Gasteiger partial charge is 0.182 e. The summed E-state index contributed by atoms with van der Waals surface area (Å²) in [5, 5.41) is 4.42. The summed E-state index contributed by atoms with van der Waals surface area (Å²) in [4.78, 5) is 12.3. The first-order valence-corrected chi connectivity index (χ1v) is 8.46.